The SMILES string of the molecule is CC1CSCCN1S(=O)(=O)c1cc(Cl)cc(CO)c1Cl. The number of aliphatic hydroxyl groups excluding tert-OH is 1. The van der Waals surface area contributed by atoms with Crippen LogP contribution >= 0.6 is 35.0 Å². The van der Waals surface area contributed by atoms with Crippen molar-refractivity contribution in [1.29, 1.82) is 0 Å². The molecule has 0 aliphatic carbocycles. The third kappa shape index (κ3) is 3.10. The van der Waals surface area contributed by atoms with Crippen LogP contribution in [0.15, 0.2) is 17.0 Å². The molecule has 4 nitrogen and oxygen atoms in total. The standard InChI is InChI=1S/C12H15Cl2NO3S2/c1-8-7-19-3-2-15(8)20(17,18)11-5-10(13)4-9(6-16)12(11)14/h4-5,8,16H,2-3,6-7H2,1H3. The highest BCUT2D eigenvalue weighted by atomic mass is 35.5. The Bertz CT molecular complexity index is 607. The number of aliphatic hydroxyl groups is 1. The van der Waals surface area contributed by atoms with Crippen molar-refractivity contribution in [1.82, 2.24) is 4.31 Å². The van der Waals surface area contributed by atoms with Crippen molar-refractivity contribution in [3.8, 4) is 0 Å². The van der Waals surface area contributed by atoms with Crippen LogP contribution in [-0.4, -0.2) is 41.9 Å². The molecule has 1 saturated heterocycles. The fourth-order valence-electron chi connectivity index (χ4n) is 2.12. The molecule has 1 atom stereocenters. The fraction of sp³-hybridized carbons (Fsp3) is 0.500. The number of hydrogen-bond acceptors (Lipinski definition) is 4. The van der Waals surface area contributed by atoms with Gasteiger partial charge in [-0.25, -0.2) is 8.42 Å². The summed E-state index contributed by atoms with van der Waals surface area (Å²) in [6, 6.07) is 2.72. The molecule has 8 heteroatoms. The van der Waals surface area contributed by atoms with Crippen molar-refractivity contribution in [2.45, 2.75) is 24.5 Å². The fourth-order valence-corrected chi connectivity index (χ4v) is 5.87. The summed E-state index contributed by atoms with van der Waals surface area (Å²) >= 11 is 13.8. The van der Waals surface area contributed by atoms with Crippen molar-refractivity contribution in [3.05, 3.63) is 27.7 Å². The van der Waals surface area contributed by atoms with Gasteiger partial charge in [-0.05, 0) is 24.6 Å². The van der Waals surface area contributed by atoms with Gasteiger partial charge in [0.25, 0.3) is 0 Å². The second-order valence-corrected chi connectivity index (χ2v) is 8.40. The van der Waals surface area contributed by atoms with E-state index in [1.807, 2.05) is 6.92 Å². The summed E-state index contributed by atoms with van der Waals surface area (Å²) in [4.78, 5) is -0.0329. The van der Waals surface area contributed by atoms with Crippen molar-refractivity contribution in [2.24, 2.45) is 0 Å². The lowest BCUT2D eigenvalue weighted by Gasteiger charge is -2.32. The van der Waals surface area contributed by atoms with Gasteiger partial charge in [-0.1, -0.05) is 23.2 Å². The van der Waals surface area contributed by atoms with E-state index < -0.39 is 10.0 Å². The molecule has 112 valence electrons. The highest BCUT2D eigenvalue weighted by Crippen LogP contribution is 2.33. The molecule has 0 aromatic heterocycles. The summed E-state index contributed by atoms with van der Waals surface area (Å²) in [5.74, 6) is 1.51. The zero-order valence-corrected chi connectivity index (χ0v) is 14.0. The molecule has 20 heavy (non-hydrogen) atoms. The Morgan fingerprint density at radius 3 is 2.75 bits per heavy atom. The van der Waals surface area contributed by atoms with Gasteiger partial charge in [-0.2, -0.15) is 16.1 Å². The number of rotatable bonds is 3. The summed E-state index contributed by atoms with van der Waals surface area (Å²) in [6.45, 7) is 1.97. The first-order valence-electron chi connectivity index (χ1n) is 6.06. The van der Waals surface area contributed by atoms with Gasteiger partial charge in [-0.3, -0.25) is 0 Å². The first-order chi connectivity index (χ1) is 9.37. The maximum atomic E-state index is 12.7. The number of sulfonamides is 1. The molecular weight excluding hydrogens is 341 g/mol. The molecule has 1 unspecified atom stereocenters. The zero-order chi connectivity index (χ0) is 14.9. The van der Waals surface area contributed by atoms with Gasteiger partial charge in [0.2, 0.25) is 10.0 Å². The minimum Gasteiger partial charge on any atom is -0.392 e. The molecule has 0 radical (unpaired) electrons. The first kappa shape index (κ1) is 16.4. The number of nitrogens with zero attached hydrogens (tertiary/aromatic N) is 1. The van der Waals surface area contributed by atoms with Gasteiger partial charge in [0, 0.05) is 29.1 Å². The average molecular weight is 356 g/mol. The Morgan fingerprint density at radius 2 is 2.15 bits per heavy atom. The van der Waals surface area contributed by atoms with Crippen LogP contribution < -0.4 is 0 Å². The first-order valence-corrected chi connectivity index (χ1v) is 9.41. The molecule has 1 aromatic carbocycles. The van der Waals surface area contributed by atoms with Crippen LogP contribution in [0.3, 0.4) is 0 Å². The van der Waals surface area contributed by atoms with Crippen LogP contribution in [0.25, 0.3) is 0 Å². The van der Waals surface area contributed by atoms with E-state index in [4.69, 9.17) is 23.2 Å². The molecule has 2 rings (SSSR count). The summed E-state index contributed by atoms with van der Waals surface area (Å²) in [5.41, 5.74) is 0.316. The Balaban J connectivity index is 2.51. The number of benzene rings is 1. The second-order valence-electron chi connectivity index (χ2n) is 4.57. The van der Waals surface area contributed by atoms with Gasteiger partial charge < -0.3 is 5.11 Å². The van der Waals surface area contributed by atoms with Crippen molar-refractivity contribution >= 4 is 45.0 Å². The van der Waals surface area contributed by atoms with Crippen LogP contribution in [0.1, 0.15) is 12.5 Å². The van der Waals surface area contributed by atoms with E-state index in [-0.39, 0.29) is 27.6 Å². The van der Waals surface area contributed by atoms with Gasteiger partial charge in [-0.15, -0.1) is 0 Å². The predicted molar refractivity (Wildman–Crippen MR) is 83.1 cm³/mol. The van der Waals surface area contributed by atoms with E-state index in [1.165, 1.54) is 16.4 Å². The maximum absolute atomic E-state index is 12.7. The molecule has 1 heterocycles. The molecule has 0 bridgehead atoms. The lowest BCUT2D eigenvalue weighted by Crippen LogP contribution is -2.44. The summed E-state index contributed by atoms with van der Waals surface area (Å²) < 4.78 is 26.9. The van der Waals surface area contributed by atoms with Crippen LogP contribution in [0.5, 0.6) is 0 Å². The molecule has 0 amide bonds. The topological polar surface area (TPSA) is 57.6 Å². The van der Waals surface area contributed by atoms with E-state index in [2.05, 4.69) is 0 Å². The predicted octanol–water partition coefficient (Wildman–Crippen LogP) is 2.61. The minimum atomic E-state index is -3.70. The van der Waals surface area contributed by atoms with Gasteiger partial charge in [0.15, 0.2) is 0 Å². The number of hydrogen-bond donors (Lipinski definition) is 1. The van der Waals surface area contributed by atoms with Crippen LogP contribution in [-0.2, 0) is 16.6 Å². The Hall–Kier alpha value is 0.0200. The zero-order valence-electron chi connectivity index (χ0n) is 10.8. The molecule has 1 aliphatic rings. The second kappa shape index (κ2) is 6.42. The van der Waals surface area contributed by atoms with Crippen molar-refractivity contribution in [3.63, 3.8) is 0 Å². The summed E-state index contributed by atoms with van der Waals surface area (Å²) in [5, 5.41) is 9.53. The lowest BCUT2D eigenvalue weighted by molar-refractivity contribution is 0.281. The van der Waals surface area contributed by atoms with Crippen LogP contribution in [0.2, 0.25) is 10.0 Å². The normalized spacial score (nSPS) is 21.1. The summed E-state index contributed by atoms with van der Waals surface area (Å²) in [6.07, 6.45) is 0. The molecular formula is C12H15Cl2NO3S2. The van der Waals surface area contributed by atoms with Crippen LogP contribution in [0.4, 0.5) is 0 Å². The highest BCUT2D eigenvalue weighted by Gasteiger charge is 2.33. The van der Waals surface area contributed by atoms with Gasteiger partial charge >= 0.3 is 0 Å². The maximum Gasteiger partial charge on any atom is 0.244 e. The molecule has 0 spiro atoms. The quantitative estimate of drug-likeness (QED) is 0.905. The molecule has 1 N–H and O–H groups in total. The lowest BCUT2D eigenvalue weighted by atomic mass is 10.2. The third-order valence-electron chi connectivity index (χ3n) is 3.14. The number of thioether (sulfide) groups is 1. The Labute approximate surface area is 133 Å². The van der Waals surface area contributed by atoms with E-state index in [0.29, 0.717) is 12.1 Å². The molecule has 0 saturated carbocycles. The van der Waals surface area contributed by atoms with Gasteiger partial charge in [0.05, 0.1) is 11.6 Å². The molecule has 1 aromatic rings. The van der Waals surface area contributed by atoms with Crippen LogP contribution in [0, 0.1) is 0 Å². The van der Waals surface area contributed by atoms with E-state index in [9.17, 15) is 13.5 Å². The Morgan fingerprint density at radius 1 is 1.45 bits per heavy atom. The average Bonchev–Trinajstić information content (AvgIpc) is 2.41. The van der Waals surface area contributed by atoms with E-state index in [0.717, 1.165) is 11.5 Å². The van der Waals surface area contributed by atoms with E-state index in [1.54, 1.807) is 11.8 Å². The Kier molecular flexibility index (Phi) is 5.26. The highest BCUT2D eigenvalue weighted by molar-refractivity contribution is 7.99. The smallest absolute Gasteiger partial charge is 0.244 e. The van der Waals surface area contributed by atoms with Crippen molar-refractivity contribution < 1.29 is 13.5 Å². The third-order valence-corrected chi connectivity index (χ3v) is 7.15. The van der Waals surface area contributed by atoms with Crippen molar-refractivity contribution in [2.75, 3.05) is 18.1 Å². The van der Waals surface area contributed by atoms with E-state index >= 15 is 0 Å². The monoisotopic (exact) mass is 355 g/mol. The van der Waals surface area contributed by atoms with Gasteiger partial charge in [0.1, 0.15) is 4.90 Å². The minimum absolute atomic E-state index is 0.0329. The molecule has 1 aliphatic heterocycles. The largest absolute Gasteiger partial charge is 0.392 e. The molecule has 1 fully saturated rings. The summed E-state index contributed by atoms with van der Waals surface area (Å²) in [7, 11) is -3.70. The number of halogens is 2.